The molecule has 4 rings (SSSR count). The molecule has 182 valence electrons. The van der Waals surface area contributed by atoms with Crippen LogP contribution in [0.4, 0.5) is 14.6 Å². The van der Waals surface area contributed by atoms with Crippen LogP contribution in [-0.4, -0.2) is 21.7 Å². The summed E-state index contributed by atoms with van der Waals surface area (Å²) in [5.41, 5.74) is 1.76. The molecule has 2 aromatic carbocycles. The molecule has 0 aliphatic heterocycles. The van der Waals surface area contributed by atoms with E-state index in [-0.39, 0.29) is 46.9 Å². The fourth-order valence-corrected chi connectivity index (χ4v) is 3.91. The lowest BCUT2D eigenvalue weighted by molar-refractivity contribution is -0.118. The molecule has 0 spiro atoms. The third-order valence-corrected chi connectivity index (χ3v) is 5.93. The zero-order valence-electron chi connectivity index (χ0n) is 19.3. The summed E-state index contributed by atoms with van der Waals surface area (Å²) in [5, 5.41) is 2.73. The largest absolute Gasteiger partial charge is 0.439 e. The number of anilines is 1. The Morgan fingerprint density at radius 1 is 1.09 bits per heavy atom. The first-order chi connectivity index (χ1) is 16.6. The van der Waals surface area contributed by atoms with Gasteiger partial charge in [0.2, 0.25) is 11.8 Å². The minimum absolute atomic E-state index is 0.0217. The van der Waals surface area contributed by atoms with Crippen molar-refractivity contribution < 1.29 is 23.1 Å². The number of ether oxygens (including phenoxy) is 1. The highest BCUT2D eigenvalue weighted by atomic mass is 35.5. The number of Topliss-reactive ketones (excluding diaryl/α,β-unsaturated/α-hetero) is 1. The molecule has 0 radical (unpaired) electrons. The zero-order valence-corrected chi connectivity index (χ0v) is 20.0. The standard InChI is InChI=1S/C26H24ClF2N3O3/c1-15-9-16(10-19(33)11-17-3-7-21(27)20(12-17)26(2,28)29)4-8-22(15)35-24-13-23(30-14-31-24)32-25(34)18-5-6-18/h3-4,7-9,12-14,18H,5-6,10-11H2,1-2H3,(H,30,31,32,34). The van der Waals surface area contributed by atoms with Crippen molar-refractivity contribution in [3.8, 4) is 11.6 Å². The number of benzene rings is 2. The number of alkyl halides is 2. The summed E-state index contributed by atoms with van der Waals surface area (Å²) in [6.45, 7) is 2.62. The van der Waals surface area contributed by atoms with Crippen molar-refractivity contribution in [3.05, 3.63) is 76.1 Å². The normalized spacial score (nSPS) is 13.4. The van der Waals surface area contributed by atoms with E-state index in [1.54, 1.807) is 24.3 Å². The highest BCUT2D eigenvalue weighted by Gasteiger charge is 2.30. The maximum absolute atomic E-state index is 13.7. The van der Waals surface area contributed by atoms with Gasteiger partial charge in [-0.15, -0.1) is 0 Å². The molecule has 1 aromatic heterocycles. The van der Waals surface area contributed by atoms with Crippen LogP contribution in [0, 0.1) is 12.8 Å². The second-order valence-electron chi connectivity index (χ2n) is 8.80. The highest BCUT2D eigenvalue weighted by Crippen LogP contribution is 2.34. The average molecular weight is 500 g/mol. The fourth-order valence-electron chi connectivity index (χ4n) is 3.62. The summed E-state index contributed by atoms with van der Waals surface area (Å²) in [6.07, 6.45) is 3.27. The minimum Gasteiger partial charge on any atom is -0.439 e. The lowest BCUT2D eigenvalue weighted by atomic mass is 9.99. The second kappa shape index (κ2) is 10.1. The van der Waals surface area contributed by atoms with E-state index in [0.29, 0.717) is 17.1 Å². The molecule has 1 fully saturated rings. The Bertz CT molecular complexity index is 1270. The minimum atomic E-state index is -3.09. The molecule has 1 aliphatic rings. The summed E-state index contributed by atoms with van der Waals surface area (Å²) in [7, 11) is 0. The molecule has 1 heterocycles. The van der Waals surface area contributed by atoms with Gasteiger partial charge in [-0.1, -0.05) is 29.8 Å². The van der Waals surface area contributed by atoms with Crippen LogP contribution < -0.4 is 10.1 Å². The van der Waals surface area contributed by atoms with Gasteiger partial charge in [0.1, 0.15) is 23.7 Å². The first kappa shape index (κ1) is 24.7. The summed E-state index contributed by atoms with van der Waals surface area (Å²) in [6, 6.07) is 11.1. The number of halogens is 3. The molecule has 0 bridgehead atoms. The van der Waals surface area contributed by atoms with E-state index >= 15 is 0 Å². The van der Waals surface area contributed by atoms with E-state index in [9.17, 15) is 18.4 Å². The SMILES string of the molecule is Cc1cc(CC(=O)Cc2ccc(Cl)c(C(C)(F)F)c2)ccc1Oc1cc(NC(=O)C2CC2)ncn1. The summed E-state index contributed by atoms with van der Waals surface area (Å²) in [4.78, 5) is 32.7. The van der Waals surface area contributed by atoms with E-state index in [0.717, 1.165) is 30.9 Å². The van der Waals surface area contributed by atoms with Crippen molar-refractivity contribution in [2.24, 2.45) is 5.92 Å². The molecular weight excluding hydrogens is 476 g/mol. The molecule has 0 saturated heterocycles. The molecule has 9 heteroatoms. The Morgan fingerprint density at radius 2 is 1.77 bits per heavy atom. The Morgan fingerprint density at radius 3 is 2.43 bits per heavy atom. The van der Waals surface area contributed by atoms with Gasteiger partial charge in [-0.2, -0.15) is 0 Å². The van der Waals surface area contributed by atoms with Gasteiger partial charge in [0.25, 0.3) is 5.92 Å². The zero-order chi connectivity index (χ0) is 25.2. The monoisotopic (exact) mass is 499 g/mol. The fraction of sp³-hybridized carbons (Fsp3) is 0.308. The van der Waals surface area contributed by atoms with Crippen LogP contribution in [-0.2, 0) is 28.4 Å². The first-order valence-electron chi connectivity index (χ1n) is 11.2. The van der Waals surface area contributed by atoms with E-state index in [2.05, 4.69) is 15.3 Å². The molecule has 1 amide bonds. The summed E-state index contributed by atoms with van der Waals surface area (Å²) >= 11 is 5.88. The van der Waals surface area contributed by atoms with Crippen molar-refractivity contribution in [1.29, 1.82) is 0 Å². The molecule has 35 heavy (non-hydrogen) atoms. The van der Waals surface area contributed by atoms with E-state index in [1.807, 2.05) is 13.0 Å². The van der Waals surface area contributed by atoms with Gasteiger partial charge in [0.05, 0.1) is 0 Å². The maximum atomic E-state index is 13.7. The molecule has 3 aromatic rings. The van der Waals surface area contributed by atoms with E-state index in [4.69, 9.17) is 16.3 Å². The third kappa shape index (κ3) is 6.60. The van der Waals surface area contributed by atoms with Gasteiger partial charge in [-0.3, -0.25) is 9.59 Å². The number of hydrogen-bond acceptors (Lipinski definition) is 5. The van der Waals surface area contributed by atoms with E-state index in [1.165, 1.54) is 18.5 Å². The molecule has 6 nitrogen and oxygen atoms in total. The average Bonchev–Trinajstić information content (AvgIpc) is 3.62. The van der Waals surface area contributed by atoms with Gasteiger partial charge in [0, 0.05) is 42.3 Å². The van der Waals surface area contributed by atoms with Crippen molar-refractivity contribution in [2.45, 2.75) is 45.5 Å². The van der Waals surface area contributed by atoms with Crippen LogP contribution in [0.1, 0.15) is 42.0 Å². The number of ketones is 1. The Labute approximate surface area is 206 Å². The van der Waals surface area contributed by atoms with Gasteiger partial charge >= 0.3 is 0 Å². The topological polar surface area (TPSA) is 81.2 Å². The predicted molar refractivity (Wildman–Crippen MR) is 128 cm³/mol. The number of carbonyl (C=O) groups excluding carboxylic acids is 2. The Hall–Kier alpha value is -3.39. The number of nitrogens with zero attached hydrogens (tertiary/aromatic N) is 2. The maximum Gasteiger partial charge on any atom is 0.271 e. The second-order valence-corrected chi connectivity index (χ2v) is 9.21. The Kier molecular flexibility index (Phi) is 7.12. The van der Waals surface area contributed by atoms with Crippen LogP contribution in [0.25, 0.3) is 0 Å². The number of carbonyl (C=O) groups is 2. The van der Waals surface area contributed by atoms with Crippen LogP contribution in [0.3, 0.4) is 0 Å². The van der Waals surface area contributed by atoms with E-state index < -0.39 is 5.92 Å². The third-order valence-electron chi connectivity index (χ3n) is 5.60. The smallest absolute Gasteiger partial charge is 0.271 e. The summed E-state index contributed by atoms with van der Waals surface area (Å²) in [5.74, 6) is -2.00. The molecular formula is C26H24ClF2N3O3. The first-order valence-corrected chi connectivity index (χ1v) is 11.5. The lowest BCUT2D eigenvalue weighted by Gasteiger charge is -2.14. The number of amides is 1. The molecule has 1 aliphatic carbocycles. The van der Waals surface area contributed by atoms with Crippen molar-refractivity contribution >= 4 is 29.1 Å². The van der Waals surface area contributed by atoms with Crippen LogP contribution in [0.5, 0.6) is 11.6 Å². The molecule has 1 saturated carbocycles. The van der Waals surface area contributed by atoms with Gasteiger partial charge < -0.3 is 10.1 Å². The van der Waals surface area contributed by atoms with Crippen LogP contribution >= 0.6 is 11.6 Å². The lowest BCUT2D eigenvalue weighted by Crippen LogP contribution is -2.14. The van der Waals surface area contributed by atoms with Gasteiger partial charge in [0.15, 0.2) is 0 Å². The van der Waals surface area contributed by atoms with Crippen LogP contribution in [0.2, 0.25) is 5.02 Å². The van der Waals surface area contributed by atoms with Crippen molar-refractivity contribution in [2.75, 3.05) is 5.32 Å². The number of hydrogen-bond donors (Lipinski definition) is 1. The van der Waals surface area contributed by atoms with Gasteiger partial charge in [-0.05, 0) is 54.7 Å². The Balaban J connectivity index is 1.39. The number of rotatable bonds is 9. The van der Waals surface area contributed by atoms with Crippen molar-refractivity contribution in [3.63, 3.8) is 0 Å². The molecule has 0 unspecified atom stereocenters. The quantitative estimate of drug-likeness (QED) is 0.388. The van der Waals surface area contributed by atoms with Crippen LogP contribution in [0.15, 0.2) is 48.8 Å². The van der Waals surface area contributed by atoms with Crippen molar-refractivity contribution in [1.82, 2.24) is 9.97 Å². The predicted octanol–water partition coefficient (Wildman–Crippen LogP) is 6.05. The highest BCUT2D eigenvalue weighted by molar-refractivity contribution is 6.31. The number of nitrogens with one attached hydrogen (secondary N) is 1. The number of aromatic nitrogens is 2. The number of aryl methyl sites for hydroxylation is 1. The summed E-state index contributed by atoms with van der Waals surface area (Å²) < 4.78 is 33.3. The molecule has 1 N–H and O–H groups in total. The molecule has 0 atom stereocenters. The van der Waals surface area contributed by atoms with Gasteiger partial charge in [-0.25, -0.2) is 18.7 Å².